The van der Waals surface area contributed by atoms with Crippen molar-refractivity contribution in [3.05, 3.63) is 46.7 Å². The zero-order valence-electron chi connectivity index (χ0n) is 24.7. The number of nitrogens with zero attached hydrogens (tertiary/aromatic N) is 1. The number of esters is 2. The van der Waals surface area contributed by atoms with Gasteiger partial charge in [0.1, 0.15) is 12.2 Å². The SMILES string of the molecule is COC(C)C1(C)NC(C)=C(C(=O)OC2CCCCCC2)C(c2cccc(C#N)c2)C1C(=O)OC1CCCCCC1. The van der Waals surface area contributed by atoms with E-state index in [0.29, 0.717) is 16.8 Å². The number of nitrogens with one attached hydrogen (secondary N) is 1. The van der Waals surface area contributed by atoms with Crippen molar-refractivity contribution in [2.24, 2.45) is 5.92 Å². The van der Waals surface area contributed by atoms with E-state index in [2.05, 4.69) is 11.4 Å². The molecule has 7 nitrogen and oxygen atoms in total. The Morgan fingerprint density at radius 3 is 2.10 bits per heavy atom. The van der Waals surface area contributed by atoms with Crippen LogP contribution in [0.5, 0.6) is 0 Å². The lowest BCUT2D eigenvalue weighted by Gasteiger charge is -2.49. The zero-order chi connectivity index (χ0) is 28.7. The van der Waals surface area contributed by atoms with Crippen molar-refractivity contribution in [2.75, 3.05) is 7.11 Å². The lowest BCUT2D eigenvalue weighted by Crippen LogP contribution is -2.63. The van der Waals surface area contributed by atoms with Gasteiger partial charge in [-0.2, -0.15) is 5.26 Å². The van der Waals surface area contributed by atoms with E-state index in [0.717, 1.165) is 82.6 Å². The summed E-state index contributed by atoms with van der Waals surface area (Å²) in [5, 5.41) is 13.2. The van der Waals surface area contributed by atoms with Gasteiger partial charge in [0.15, 0.2) is 0 Å². The lowest BCUT2D eigenvalue weighted by molar-refractivity contribution is -0.162. The van der Waals surface area contributed by atoms with Crippen LogP contribution >= 0.6 is 0 Å². The van der Waals surface area contributed by atoms with Gasteiger partial charge in [0.05, 0.1) is 34.8 Å². The first kappa shape index (κ1) is 30.1. The van der Waals surface area contributed by atoms with Gasteiger partial charge in [-0.1, -0.05) is 37.8 Å². The van der Waals surface area contributed by atoms with Crippen LogP contribution in [0.2, 0.25) is 0 Å². The molecule has 1 aromatic rings. The summed E-state index contributed by atoms with van der Waals surface area (Å²) in [5.74, 6) is -2.18. The summed E-state index contributed by atoms with van der Waals surface area (Å²) >= 11 is 0. The average molecular weight is 551 g/mol. The predicted molar refractivity (Wildman–Crippen MR) is 153 cm³/mol. The number of ether oxygens (including phenoxy) is 3. The van der Waals surface area contributed by atoms with Crippen LogP contribution in [-0.4, -0.2) is 42.9 Å². The number of carbonyl (C=O) groups is 2. The van der Waals surface area contributed by atoms with Crippen molar-refractivity contribution in [1.29, 1.82) is 5.26 Å². The Morgan fingerprint density at radius 1 is 0.975 bits per heavy atom. The maximum Gasteiger partial charge on any atom is 0.336 e. The second kappa shape index (κ2) is 13.7. The molecule has 1 aromatic carbocycles. The molecule has 0 spiro atoms. The Kier molecular flexibility index (Phi) is 10.3. The van der Waals surface area contributed by atoms with Crippen LogP contribution in [0.1, 0.15) is 115 Å². The molecule has 7 heteroatoms. The van der Waals surface area contributed by atoms with Gasteiger partial charge in [-0.05, 0) is 89.8 Å². The van der Waals surface area contributed by atoms with Gasteiger partial charge < -0.3 is 19.5 Å². The third-order valence-corrected chi connectivity index (χ3v) is 9.36. The Balaban J connectivity index is 1.80. The monoisotopic (exact) mass is 550 g/mol. The number of rotatable bonds is 7. The first-order valence-corrected chi connectivity index (χ1v) is 15.2. The molecule has 0 radical (unpaired) electrons. The largest absolute Gasteiger partial charge is 0.462 e. The molecule has 2 fully saturated rings. The molecule has 4 atom stereocenters. The summed E-state index contributed by atoms with van der Waals surface area (Å²) in [4.78, 5) is 28.3. The molecule has 4 rings (SSSR count). The van der Waals surface area contributed by atoms with Gasteiger partial charge in [0, 0.05) is 18.7 Å². The Labute approximate surface area is 239 Å². The summed E-state index contributed by atoms with van der Waals surface area (Å²) in [7, 11) is 1.63. The lowest BCUT2D eigenvalue weighted by atomic mass is 9.65. The molecular weight excluding hydrogens is 504 g/mol. The van der Waals surface area contributed by atoms with Crippen molar-refractivity contribution in [1.82, 2.24) is 5.32 Å². The summed E-state index contributed by atoms with van der Waals surface area (Å²) in [6.45, 7) is 5.78. The van der Waals surface area contributed by atoms with E-state index >= 15 is 0 Å². The fourth-order valence-electron chi connectivity index (χ4n) is 6.89. The Bertz CT molecular complexity index is 1110. The fraction of sp³-hybridized carbons (Fsp3) is 0.667. The maximum absolute atomic E-state index is 14.3. The van der Waals surface area contributed by atoms with Crippen molar-refractivity contribution >= 4 is 11.9 Å². The van der Waals surface area contributed by atoms with E-state index in [9.17, 15) is 14.9 Å². The number of allylic oxidation sites excluding steroid dienone is 1. The standard InChI is InChI=1S/C33H46N2O5/c1-22-28(31(36)39-26-16-9-5-6-10-17-26)29(25-15-13-14-24(20-25)21-34)30(33(3,35-22)23(2)38-4)32(37)40-27-18-11-7-8-12-19-27/h13-15,20,23,26-27,29-30,35H,5-12,16-19H2,1-4H3. The number of methoxy groups -OCH3 is 1. The van der Waals surface area contributed by atoms with E-state index in [1.807, 2.05) is 32.9 Å². The minimum absolute atomic E-state index is 0.135. The van der Waals surface area contributed by atoms with Crippen molar-refractivity contribution in [2.45, 2.75) is 128 Å². The van der Waals surface area contributed by atoms with Gasteiger partial charge in [-0.3, -0.25) is 4.79 Å². The number of nitriles is 1. The van der Waals surface area contributed by atoms with Crippen LogP contribution in [0.25, 0.3) is 0 Å². The van der Waals surface area contributed by atoms with Crippen LogP contribution in [0, 0.1) is 17.2 Å². The predicted octanol–water partition coefficient (Wildman–Crippen LogP) is 6.46. The third kappa shape index (κ3) is 6.71. The zero-order valence-corrected chi connectivity index (χ0v) is 24.7. The molecular formula is C33H46N2O5. The molecule has 4 unspecified atom stereocenters. The molecule has 2 saturated carbocycles. The number of carbonyl (C=O) groups excluding carboxylic acids is 2. The van der Waals surface area contributed by atoms with Gasteiger partial charge in [-0.15, -0.1) is 0 Å². The molecule has 0 aromatic heterocycles. The quantitative estimate of drug-likeness (QED) is 0.307. The molecule has 0 amide bonds. The molecule has 1 aliphatic heterocycles. The smallest absolute Gasteiger partial charge is 0.336 e. The van der Waals surface area contributed by atoms with E-state index < -0.39 is 23.3 Å². The van der Waals surface area contributed by atoms with E-state index in [1.54, 1.807) is 19.2 Å². The number of hydrogen-bond donors (Lipinski definition) is 1. The highest BCUT2D eigenvalue weighted by molar-refractivity contribution is 5.94. The highest BCUT2D eigenvalue weighted by Crippen LogP contribution is 2.47. The van der Waals surface area contributed by atoms with Crippen LogP contribution < -0.4 is 5.32 Å². The molecule has 2 aliphatic carbocycles. The molecule has 1 heterocycles. The Hall–Kier alpha value is -2.85. The van der Waals surface area contributed by atoms with Crippen molar-refractivity contribution in [3.63, 3.8) is 0 Å². The van der Waals surface area contributed by atoms with Crippen molar-refractivity contribution in [3.8, 4) is 6.07 Å². The van der Waals surface area contributed by atoms with Gasteiger partial charge in [0.2, 0.25) is 0 Å². The van der Waals surface area contributed by atoms with Crippen LogP contribution in [0.15, 0.2) is 35.5 Å². The molecule has 3 aliphatic rings. The van der Waals surface area contributed by atoms with Crippen LogP contribution in [0.4, 0.5) is 0 Å². The first-order valence-electron chi connectivity index (χ1n) is 15.2. The van der Waals surface area contributed by atoms with E-state index in [-0.39, 0.29) is 24.3 Å². The average Bonchev–Trinajstić information content (AvgIpc) is 3.37. The third-order valence-electron chi connectivity index (χ3n) is 9.36. The summed E-state index contributed by atoms with van der Waals surface area (Å²) in [6, 6.07) is 9.44. The molecule has 0 saturated heterocycles. The highest BCUT2D eigenvalue weighted by Gasteiger charge is 2.55. The minimum Gasteiger partial charge on any atom is -0.462 e. The van der Waals surface area contributed by atoms with Crippen LogP contribution in [-0.2, 0) is 23.8 Å². The molecule has 0 bridgehead atoms. The Morgan fingerprint density at radius 2 is 1.55 bits per heavy atom. The summed E-state index contributed by atoms with van der Waals surface area (Å²) < 4.78 is 18.2. The number of hydrogen-bond acceptors (Lipinski definition) is 7. The second-order valence-electron chi connectivity index (χ2n) is 12.1. The van der Waals surface area contributed by atoms with Crippen LogP contribution in [0.3, 0.4) is 0 Å². The molecule has 218 valence electrons. The summed E-state index contributed by atoms with van der Waals surface area (Å²) in [5.41, 5.74) is 1.42. The molecule has 40 heavy (non-hydrogen) atoms. The molecule has 1 N–H and O–H groups in total. The van der Waals surface area contributed by atoms with Gasteiger partial charge in [-0.25, -0.2) is 4.79 Å². The van der Waals surface area contributed by atoms with Crippen molar-refractivity contribution < 1.29 is 23.8 Å². The second-order valence-corrected chi connectivity index (χ2v) is 12.1. The minimum atomic E-state index is -0.875. The highest BCUT2D eigenvalue weighted by atomic mass is 16.5. The topological polar surface area (TPSA) is 97.6 Å². The van der Waals surface area contributed by atoms with Gasteiger partial charge in [0.25, 0.3) is 0 Å². The fourth-order valence-corrected chi connectivity index (χ4v) is 6.89. The normalized spacial score (nSPS) is 27.5. The maximum atomic E-state index is 14.3. The number of benzene rings is 1. The van der Waals surface area contributed by atoms with E-state index in [1.165, 1.54) is 0 Å². The van der Waals surface area contributed by atoms with Gasteiger partial charge >= 0.3 is 11.9 Å². The summed E-state index contributed by atoms with van der Waals surface area (Å²) in [6.07, 6.45) is 11.5. The first-order chi connectivity index (χ1) is 19.3. The van der Waals surface area contributed by atoms with E-state index in [4.69, 9.17) is 14.2 Å².